The smallest absolute Gasteiger partial charge is 0.303 e. The van der Waals surface area contributed by atoms with Crippen LogP contribution in [-0.2, 0) is 4.79 Å². The van der Waals surface area contributed by atoms with Crippen LogP contribution in [0.5, 0.6) is 0 Å². The van der Waals surface area contributed by atoms with E-state index in [1.807, 2.05) is 41.3 Å². The number of nitro benzene ring substituents is 1. The second-order valence-electron chi connectivity index (χ2n) is 7.25. The number of aromatic nitrogens is 1. The van der Waals surface area contributed by atoms with Crippen molar-refractivity contribution in [2.45, 2.75) is 25.7 Å². The van der Waals surface area contributed by atoms with Gasteiger partial charge >= 0.3 is 5.97 Å². The average molecular weight is 423 g/mol. The Bertz CT molecular complexity index is 1100. The van der Waals surface area contributed by atoms with Crippen LogP contribution in [0.15, 0.2) is 42.5 Å². The number of carbonyl (C=O) groups is 1. The van der Waals surface area contributed by atoms with Gasteiger partial charge in [0.05, 0.1) is 15.1 Å². The zero-order valence-electron chi connectivity index (χ0n) is 16.3. The van der Waals surface area contributed by atoms with E-state index in [0.29, 0.717) is 17.7 Å². The second-order valence-corrected chi connectivity index (χ2v) is 8.28. The molecule has 2 heterocycles. The first-order chi connectivity index (χ1) is 14.5. The predicted molar refractivity (Wildman–Crippen MR) is 119 cm³/mol. The molecule has 0 unspecified atom stereocenters. The van der Waals surface area contributed by atoms with E-state index in [0.717, 1.165) is 46.7 Å². The van der Waals surface area contributed by atoms with Crippen molar-refractivity contribution in [1.82, 2.24) is 4.98 Å². The highest BCUT2D eigenvalue weighted by Crippen LogP contribution is 2.35. The van der Waals surface area contributed by atoms with Crippen LogP contribution in [0.1, 0.15) is 36.3 Å². The third kappa shape index (κ3) is 4.33. The normalized spacial score (nSPS) is 14.4. The molecule has 0 radical (unpaired) electrons. The number of fused-ring (bicyclic) bond motifs is 1. The summed E-state index contributed by atoms with van der Waals surface area (Å²) in [5.41, 5.74) is 3.01. The number of benzene rings is 2. The molecule has 1 aliphatic rings. The van der Waals surface area contributed by atoms with Gasteiger partial charge in [0.15, 0.2) is 0 Å². The number of carboxylic acids is 1. The van der Waals surface area contributed by atoms with Gasteiger partial charge in [0.2, 0.25) is 0 Å². The summed E-state index contributed by atoms with van der Waals surface area (Å²) < 4.78 is 1.02. The van der Waals surface area contributed by atoms with Crippen LogP contribution in [0.3, 0.4) is 0 Å². The van der Waals surface area contributed by atoms with Crippen LogP contribution in [-0.4, -0.2) is 34.1 Å². The van der Waals surface area contributed by atoms with Gasteiger partial charge in [-0.1, -0.05) is 18.2 Å². The molecule has 154 valence electrons. The van der Waals surface area contributed by atoms with Gasteiger partial charge in [-0.15, -0.1) is 11.3 Å². The van der Waals surface area contributed by atoms with Crippen LogP contribution in [0, 0.1) is 10.1 Å². The molecule has 0 saturated carbocycles. The average Bonchev–Trinajstić information content (AvgIpc) is 3.40. The van der Waals surface area contributed by atoms with E-state index < -0.39 is 5.97 Å². The largest absolute Gasteiger partial charge is 0.481 e. The molecule has 4 rings (SSSR count). The zero-order valence-corrected chi connectivity index (χ0v) is 17.1. The molecule has 0 bridgehead atoms. The lowest BCUT2D eigenvalue weighted by molar-refractivity contribution is -0.384. The first kappa shape index (κ1) is 20.0. The molecule has 7 nitrogen and oxygen atoms in total. The highest BCUT2D eigenvalue weighted by molar-refractivity contribution is 7.19. The first-order valence-corrected chi connectivity index (χ1v) is 10.6. The van der Waals surface area contributed by atoms with Crippen LogP contribution in [0.4, 0.5) is 11.4 Å². The van der Waals surface area contributed by atoms with Crippen LogP contribution in [0.25, 0.3) is 21.9 Å². The topological polar surface area (TPSA) is 96.6 Å². The summed E-state index contributed by atoms with van der Waals surface area (Å²) in [6, 6.07) is 13.0. The number of aliphatic carboxylic acids is 1. The van der Waals surface area contributed by atoms with Crippen LogP contribution < -0.4 is 4.90 Å². The summed E-state index contributed by atoms with van der Waals surface area (Å²) in [6.07, 6.45) is 4.17. The van der Waals surface area contributed by atoms with Gasteiger partial charge in [-0.2, -0.15) is 0 Å². The van der Waals surface area contributed by atoms with Gasteiger partial charge in [0.25, 0.3) is 5.69 Å². The summed E-state index contributed by atoms with van der Waals surface area (Å²) in [5, 5.41) is 21.6. The van der Waals surface area contributed by atoms with Crippen molar-refractivity contribution in [2.75, 3.05) is 18.0 Å². The molecule has 1 fully saturated rings. The first-order valence-electron chi connectivity index (χ1n) is 9.83. The van der Waals surface area contributed by atoms with E-state index in [4.69, 9.17) is 5.11 Å². The van der Waals surface area contributed by atoms with Crippen molar-refractivity contribution in [2.24, 2.45) is 0 Å². The Morgan fingerprint density at radius 1 is 1.20 bits per heavy atom. The maximum absolute atomic E-state index is 11.7. The van der Waals surface area contributed by atoms with Crippen molar-refractivity contribution in [3.63, 3.8) is 0 Å². The summed E-state index contributed by atoms with van der Waals surface area (Å²) in [6.45, 7) is 1.65. The van der Waals surface area contributed by atoms with E-state index in [1.165, 1.54) is 11.3 Å². The van der Waals surface area contributed by atoms with E-state index in [1.54, 1.807) is 12.1 Å². The minimum atomic E-state index is -0.891. The standard InChI is InChI=1S/C22H21N3O4S/c26-21(27)10-8-16(22-23-17-5-1-2-6-20(17)30-22)13-15-7-9-18(19(14-15)25(28)29)24-11-3-4-12-24/h1-2,5-7,9,13-14H,3-4,8,10-12H2,(H,26,27)/b16-13-. The number of carboxylic acid groups (broad SMARTS) is 1. The van der Waals surface area contributed by atoms with Gasteiger partial charge in [0.1, 0.15) is 10.7 Å². The predicted octanol–water partition coefficient (Wildman–Crippen LogP) is 5.21. The summed E-state index contributed by atoms with van der Waals surface area (Å²) in [5.74, 6) is -0.891. The number of para-hydroxylation sites is 1. The molecule has 0 spiro atoms. The number of anilines is 1. The number of nitrogens with zero attached hydrogens (tertiary/aromatic N) is 3. The minimum absolute atomic E-state index is 0.0320. The zero-order chi connectivity index (χ0) is 21.1. The molecule has 2 aromatic carbocycles. The lowest BCUT2D eigenvalue weighted by Gasteiger charge is -2.17. The fourth-order valence-electron chi connectivity index (χ4n) is 3.70. The number of allylic oxidation sites excluding steroid dienone is 1. The van der Waals surface area contributed by atoms with Crippen molar-refractivity contribution in [3.8, 4) is 0 Å². The van der Waals surface area contributed by atoms with Crippen molar-refractivity contribution < 1.29 is 14.8 Å². The monoisotopic (exact) mass is 423 g/mol. The van der Waals surface area contributed by atoms with Gasteiger partial charge in [0, 0.05) is 25.6 Å². The van der Waals surface area contributed by atoms with E-state index in [2.05, 4.69) is 4.98 Å². The van der Waals surface area contributed by atoms with E-state index in [9.17, 15) is 14.9 Å². The third-order valence-electron chi connectivity index (χ3n) is 5.16. The highest BCUT2D eigenvalue weighted by atomic mass is 32.1. The molecule has 1 aromatic heterocycles. The Kier molecular flexibility index (Phi) is 5.76. The molecule has 30 heavy (non-hydrogen) atoms. The maximum Gasteiger partial charge on any atom is 0.303 e. The number of rotatable bonds is 7. The summed E-state index contributed by atoms with van der Waals surface area (Å²) >= 11 is 1.50. The molecule has 1 aliphatic heterocycles. The number of nitro groups is 1. The molecular formula is C22H21N3O4S. The second kappa shape index (κ2) is 8.62. The quantitative estimate of drug-likeness (QED) is 0.414. The molecule has 1 saturated heterocycles. The molecule has 1 N–H and O–H groups in total. The van der Waals surface area contributed by atoms with Crippen LogP contribution >= 0.6 is 11.3 Å². The van der Waals surface area contributed by atoms with E-state index in [-0.39, 0.29) is 17.0 Å². The minimum Gasteiger partial charge on any atom is -0.481 e. The third-order valence-corrected chi connectivity index (χ3v) is 6.27. The highest BCUT2D eigenvalue weighted by Gasteiger charge is 2.22. The number of hydrogen-bond acceptors (Lipinski definition) is 6. The van der Waals surface area contributed by atoms with E-state index >= 15 is 0 Å². The molecule has 0 aliphatic carbocycles. The van der Waals surface area contributed by atoms with Crippen molar-refractivity contribution in [3.05, 3.63) is 63.1 Å². The summed E-state index contributed by atoms with van der Waals surface area (Å²) in [7, 11) is 0. The lowest BCUT2D eigenvalue weighted by Crippen LogP contribution is -2.18. The Hall–Kier alpha value is -3.26. The Morgan fingerprint density at radius 2 is 1.97 bits per heavy atom. The molecule has 8 heteroatoms. The SMILES string of the molecule is O=C(O)CC/C(=C/c1ccc(N2CCCC2)c([N+](=O)[O-])c1)c1nc2ccccc2s1. The van der Waals surface area contributed by atoms with Gasteiger partial charge in [-0.05, 0) is 54.7 Å². The van der Waals surface area contributed by atoms with Crippen molar-refractivity contribution >= 4 is 50.5 Å². The molecule has 0 atom stereocenters. The van der Waals surface area contributed by atoms with Crippen molar-refractivity contribution in [1.29, 1.82) is 0 Å². The fraction of sp³-hybridized carbons (Fsp3) is 0.273. The van der Waals surface area contributed by atoms with Crippen LogP contribution in [0.2, 0.25) is 0 Å². The molecule has 3 aromatic rings. The Labute approximate surface area is 177 Å². The Morgan fingerprint density at radius 3 is 2.67 bits per heavy atom. The molecule has 0 amide bonds. The fourth-order valence-corrected chi connectivity index (χ4v) is 4.70. The van der Waals surface area contributed by atoms with Gasteiger partial charge in [-0.25, -0.2) is 4.98 Å². The lowest BCUT2D eigenvalue weighted by atomic mass is 10.1. The number of hydrogen-bond donors (Lipinski definition) is 1. The molecular weight excluding hydrogens is 402 g/mol. The van der Waals surface area contributed by atoms with Gasteiger partial charge in [-0.3, -0.25) is 14.9 Å². The maximum atomic E-state index is 11.7. The summed E-state index contributed by atoms with van der Waals surface area (Å²) in [4.78, 5) is 29.2. The Balaban J connectivity index is 1.74. The van der Waals surface area contributed by atoms with Gasteiger partial charge < -0.3 is 10.0 Å². The number of thiazole rings is 1.